The van der Waals surface area contributed by atoms with Gasteiger partial charge in [-0.25, -0.2) is 0 Å². The van der Waals surface area contributed by atoms with E-state index in [2.05, 4.69) is 45.1 Å². The van der Waals surface area contributed by atoms with E-state index in [1.165, 1.54) is 0 Å². The molecule has 106 valence electrons. The Morgan fingerprint density at radius 1 is 1.10 bits per heavy atom. The lowest BCUT2D eigenvalue weighted by Crippen LogP contribution is -2.22. The van der Waals surface area contributed by atoms with E-state index >= 15 is 0 Å². The Hall–Kier alpha value is -1.46. The molecule has 1 N–H and O–H groups in total. The molecule has 20 heavy (non-hydrogen) atoms. The van der Waals surface area contributed by atoms with E-state index < -0.39 is 0 Å². The van der Waals surface area contributed by atoms with Crippen LogP contribution in [0.5, 0.6) is 5.75 Å². The van der Waals surface area contributed by atoms with Crippen LogP contribution in [0, 0.1) is 0 Å². The maximum absolute atomic E-state index is 5.65. The molecule has 0 aliphatic rings. The van der Waals surface area contributed by atoms with Crippen molar-refractivity contribution in [2.24, 2.45) is 0 Å². The van der Waals surface area contributed by atoms with Gasteiger partial charge in [0.1, 0.15) is 12.4 Å². The number of hydrogen-bond donors (Lipinski definition) is 1. The average Bonchev–Trinajstić information content (AvgIpc) is 2.45. The SMILES string of the molecule is CC(C)NCc1ccc(OCc2ccc(Br)cn2)cn1. The van der Waals surface area contributed by atoms with E-state index in [9.17, 15) is 0 Å². The third kappa shape index (κ3) is 4.90. The van der Waals surface area contributed by atoms with Crippen molar-refractivity contribution in [3.05, 3.63) is 52.5 Å². The van der Waals surface area contributed by atoms with Crippen LogP contribution in [0.2, 0.25) is 0 Å². The smallest absolute Gasteiger partial charge is 0.138 e. The van der Waals surface area contributed by atoms with Gasteiger partial charge in [-0.05, 0) is 40.2 Å². The molecule has 0 spiro atoms. The van der Waals surface area contributed by atoms with Gasteiger partial charge in [-0.15, -0.1) is 0 Å². The summed E-state index contributed by atoms with van der Waals surface area (Å²) in [6, 6.07) is 8.24. The molecule has 0 saturated heterocycles. The minimum Gasteiger partial charge on any atom is -0.486 e. The van der Waals surface area contributed by atoms with Crippen LogP contribution >= 0.6 is 15.9 Å². The fourth-order valence-electron chi connectivity index (χ4n) is 1.56. The topological polar surface area (TPSA) is 47.0 Å². The monoisotopic (exact) mass is 335 g/mol. The fraction of sp³-hybridized carbons (Fsp3) is 0.333. The Bertz CT molecular complexity index is 526. The highest BCUT2D eigenvalue weighted by atomic mass is 79.9. The van der Waals surface area contributed by atoms with Gasteiger partial charge in [0.15, 0.2) is 0 Å². The zero-order chi connectivity index (χ0) is 14.4. The quantitative estimate of drug-likeness (QED) is 0.879. The van der Waals surface area contributed by atoms with E-state index in [0.717, 1.165) is 28.2 Å². The molecule has 0 bridgehead atoms. The molecular formula is C15H18BrN3O. The van der Waals surface area contributed by atoms with E-state index in [4.69, 9.17) is 4.74 Å². The minimum absolute atomic E-state index is 0.443. The van der Waals surface area contributed by atoms with Gasteiger partial charge in [0.25, 0.3) is 0 Å². The van der Waals surface area contributed by atoms with Crippen molar-refractivity contribution in [1.29, 1.82) is 0 Å². The number of pyridine rings is 2. The van der Waals surface area contributed by atoms with Gasteiger partial charge >= 0.3 is 0 Å². The molecule has 0 fully saturated rings. The van der Waals surface area contributed by atoms with Crippen LogP contribution in [0.15, 0.2) is 41.1 Å². The van der Waals surface area contributed by atoms with E-state index in [0.29, 0.717) is 12.6 Å². The normalized spacial score (nSPS) is 10.8. The average molecular weight is 336 g/mol. The van der Waals surface area contributed by atoms with Gasteiger partial charge in [-0.2, -0.15) is 0 Å². The number of nitrogens with zero attached hydrogens (tertiary/aromatic N) is 2. The highest BCUT2D eigenvalue weighted by Gasteiger charge is 2.00. The Labute approximate surface area is 127 Å². The van der Waals surface area contributed by atoms with Gasteiger partial charge in [0, 0.05) is 23.3 Å². The Morgan fingerprint density at radius 2 is 1.85 bits per heavy atom. The first-order valence-corrected chi connectivity index (χ1v) is 7.34. The van der Waals surface area contributed by atoms with E-state index in [-0.39, 0.29) is 0 Å². The largest absolute Gasteiger partial charge is 0.486 e. The summed E-state index contributed by atoms with van der Waals surface area (Å²) in [4.78, 5) is 8.62. The lowest BCUT2D eigenvalue weighted by molar-refractivity contribution is 0.300. The molecule has 0 atom stereocenters. The van der Waals surface area contributed by atoms with Crippen molar-refractivity contribution in [3.63, 3.8) is 0 Å². The molecule has 2 heterocycles. The minimum atomic E-state index is 0.443. The summed E-state index contributed by atoms with van der Waals surface area (Å²) < 4.78 is 6.61. The standard InChI is InChI=1S/C15H18BrN3O/c1-11(2)17-8-13-5-6-15(9-19-13)20-10-14-4-3-12(16)7-18-14/h3-7,9,11,17H,8,10H2,1-2H3. The molecule has 0 aliphatic heterocycles. The molecule has 0 amide bonds. The summed E-state index contributed by atoms with van der Waals surface area (Å²) >= 11 is 3.35. The van der Waals surface area contributed by atoms with Gasteiger partial charge in [0.05, 0.1) is 17.6 Å². The highest BCUT2D eigenvalue weighted by molar-refractivity contribution is 9.10. The lowest BCUT2D eigenvalue weighted by atomic mass is 10.3. The van der Waals surface area contributed by atoms with Crippen LogP contribution in [0.4, 0.5) is 0 Å². The first kappa shape index (κ1) is 14.9. The second-order valence-electron chi connectivity index (χ2n) is 4.78. The van der Waals surface area contributed by atoms with Crippen molar-refractivity contribution in [3.8, 4) is 5.75 Å². The fourth-order valence-corrected chi connectivity index (χ4v) is 1.79. The van der Waals surface area contributed by atoms with Crippen LogP contribution in [-0.2, 0) is 13.2 Å². The van der Waals surface area contributed by atoms with Crippen LogP contribution in [0.25, 0.3) is 0 Å². The molecule has 0 radical (unpaired) electrons. The molecule has 0 aromatic carbocycles. The Kier molecular flexibility index (Phi) is 5.49. The second kappa shape index (κ2) is 7.36. The zero-order valence-corrected chi connectivity index (χ0v) is 13.2. The van der Waals surface area contributed by atoms with Crippen molar-refractivity contribution >= 4 is 15.9 Å². The summed E-state index contributed by atoms with van der Waals surface area (Å²) in [7, 11) is 0. The molecule has 0 saturated carbocycles. The maximum Gasteiger partial charge on any atom is 0.138 e. The molecule has 4 nitrogen and oxygen atoms in total. The molecular weight excluding hydrogens is 318 g/mol. The summed E-state index contributed by atoms with van der Waals surface area (Å²) in [6.07, 6.45) is 3.51. The van der Waals surface area contributed by atoms with Crippen molar-refractivity contribution in [2.45, 2.75) is 33.0 Å². The number of aromatic nitrogens is 2. The number of rotatable bonds is 6. The van der Waals surface area contributed by atoms with Gasteiger partial charge < -0.3 is 10.1 Å². The molecule has 2 rings (SSSR count). The molecule has 2 aromatic rings. The maximum atomic E-state index is 5.65. The third-order valence-electron chi connectivity index (χ3n) is 2.66. The number of nitrogens with one attached hydrogen (secondary N) is 1. The summed E-state index contributed by atoms with van der Waals surface area (Å²) in [6.45, 7) is 5.44. The van der Waals surface area contributed by atoms with E-state index in [1.54, 1.807) is 12.4 Å². The van der Waals surface area contributed by atoms with Crippen molar-refractivity contribution < 1.29 is 4.74 Å². The predicted molar refractivity (Wildman–Crippen MR) is 82.5 cm³/mol. The van der Waals surface area contributed by atoms with Gasteiger partial charge in [-0.1, -0.05) is 13.8 Å². The third-order valence-corrected chi connectivity index (χ3v) is 3.13. The van der Waals surface area contributed by atoms with Crippen molar-refractivity contribution in [1.82, 2.24) is 15.3 Å². The molecule has 2 aromatic heterocycles. The Morgan fingerprint density at radius 3 is 2.45 bits per heavy atom. The van der Waals surface area contributed by atoms with Crippen LogP contribution in [-0.4, -0.2) is 16.0 Å². The van der Waals surface area contributed by atoms with Crippen molar-refractivity contribution in [2.75, 3.05) is 0 Å². The Balaban J connectivity index is 1.85. The molecule has 0 unspecified atom stereocenters. The van der Waals surface area contributed by atoms with Gasteiger partial charge in [-0.3, -0.25) is 9.97 Å². The highest BCUT2D eigenvalue weighted by Crippen LogP contribution is 2.12. The number of halogens is 1. The second-order valence-corrected chi connectivity index (χ2v) is 5.69. The van der Waals surface area contributed by atoms with Crippen LogP contribution in [0.3, 0.4) is 0 Å². The summed E-state index contributed by atoms with van der Waals surface area (Å²) in [5, 5.41) is 3.33. The van der Waals surface area contributed by atoms with Crippen LogP contribution in [0.1, 0.15) is 25.2 Å². The molecule has 0 aliphatic carbocycles. The first-order chi connectivity index (χ1) is 9.63. The zero-order valence-electron chi connectivity index (χ0n) is 11.6. The summed E-state index contributed by atoms with van der Waals surface area (Å²) in [5.41, 5.74) is 1.89. The predicted octanol–water partition coefficient (Wildman–Crippen LogP) is 3.32. The number of ether oxygens (including phenoxy) is 1. The summed E-state index contributed by atoms with van der Waals surface area (Å²) in [5.74, 6) is 0.753. The van der Waals surface area contributed by atoms with E-state index in [1.807, 2.05) is 24.3 Å². The van der Waals surface area contributed by atoms with Crippen LogP contribution < -0.4 is 10.1 Å². The first-order valence-electron chi connectivity index (χ1n) is 6.55. The number of hydrogen-bond acceptors (Lipinski definition) is 4. The van der Waals surface area contributed by atoms with Gasteiger partial charge in [0.2, 0.25) is 0 Å². The lowest BCUT2D eigenvalue weighted by Gasteiger charge is -2.09. The molecule has 5 heteroatoms.